The Labute approximate surface area is 99.1 Å². The second-order valence-electron chi connectivity index (χ2n) is 4.02. The smallest absolute Gasteiger partial charge is 0.174 e. The van der Waals surface area contributed by atoms with Gasteiger partial charge in [-0.3, -0.25) is 0 Å². The van der Waals surface area contributed by atoms with Crippen LogP contribution in [-0.4, -0.2) is 28.0 Å². The molecule has 1 saturated carbocycles. The second-order valence-corrected chi connectivity index (χ2v) is 6.54. The van der Waals surface area contributed by atoms with Crippen molar-refractivity contribution in [1.29, 1.82) is 0 Å². The Morgan fingerprint density at radius 2 is 2.40 bits per heavy atom. The Morgan fingerprint density at radius 3 is 3.07 bits per heavy atom. The average molecular weight is 243 g/mol. The molecule has 1 heterocycles. The van der Waals surface area contributed by atoms with Crippen molar-refractivity contribution in [3.63, 3.8) is 0 Å². The minimum Gasteiger partial charge on any atom is -0.313 e. The zero-order chi connectivity index (χ0) is 10.5. The molecule has 84 valence electrons. The molecule has 0 spiro atoms. The molecule has 1 atom stereocenters. The molecule has 1 unspecified atom stereocenters. The molecule has 3 nitrogen and oxygen atoms in total. The first-order valence-corrected chi connectivity index (χ1v) is 7.27. The van der Waals surface area contributed by atoms with Crippen LogP contribution in [0.1, 0.15) is 32.6 Å². The number of thioether (sulfide) groups is 1. The monoisotopic (exact) mass is 243 g/mol. The van der Waals surface area contributed by atoms with E-state index in [2.05, 4.69) is 22.4 Å². The van der Waals surface area contributed by atoms with E-state index in [0.29, 0.717) is 5.25 Å². The molecule has 5 heteroatoms. The Kier molecular flexibility index (Phi) is 4.41. The van der Waals surface area contributed by atoms with E-state index in [9.17, 15) is 0 Å². The molecule has 1 aromatic rings. The first-order valence-electron chi connectivity index (χ1n) is 5.51. The molecule has 1 aromatic heterocycles. The van der Waals surface area contributed by atoms with E-state index in [1.165, 1.54) is 25.7 Å². The van der Waals surface area contributed by atoms with Crippen LogP contribution in [0, 0.1) is 0 Å². The first-order chi connectivity index (χ1) is 7.34. The molecule has 1 aliphatic rings. The van der Waals surface area contributed by atoms with Crippen molar-refractivity contribution >= 4 is 23.1 Å². The minimum absolute atomic E-state index is 0.582. The van der Waals surface area contributed by atoms with Crippen molar-refractivity contribution in [3.8, 4) is 0 Å². The van der Waals surface area contributed by atoms with Crippen molar-refractivity contribution in [2.75, 3.05) is 6.54 Å². The fourth-order valence-corrected chi connectivity index (χ4v) is 3.63. The zero-order valence-electron chi connectivity index (χ0n) is 8.98. The van der Waals surface area contributed by atoms with Crippen LogP contribution in [0.15, 0.2) is 9.85 Å². The molecule has 0 aromatic carbocycles. The maximum absolute atomic E-state index is 4.04. The summed E-state index contributed by atoms with van der Waals surface area (Å²) >= 11 is 3.44. The van der Waals surface area contributed by atoms with Gasteiger partial charge in [0.1, 0.15) is 5.51 Å². The summed E-state index contributed by atoms with van der Waals surface area (Å²) in [6, 6.07) is 0.766. The topological polar surface area (TPSA) is 37.8 Å². The average Bonchev–Trinajstić information content (AvgIpc) is 2.86. The van der Waals surface area contributed by atoms with Crippen molar-refractivity contribution in [2.24, 2.45) is 0 Å². The van der Waals surface area contributed by atoms with Crippen LogP contribution in [0.5, 0.6) is 0 Å². The number of rotatable bonds is 5. The summed E-state index contributed by atoms with van der Waals surface area (Å²) in [5.74, 6) is 0. The van der Waals surface area contributed by atoms with Gasteiger partial charge in [0.15, 0.2) is 4.34 Å². The van der Waals surface area contributed by atoms with E-state index in [4.69, 9.17) is 0 Å². The summed E-state index contributed by atoms with van der Waals surface area (Å²) in [7, 11) is 0. The van der Waals surface area contributed by atoms with Crippen LogP contribution < -0.4 is 5.32 Å². The fourth-order valence-electron chi connectivity index (χ4n) is 1.89. The summed E-state index contributed by atoms with van der Waals surface area (Å²) in [6.45, 7) is 3.32. The number of hydrogen-bond donors (Lipinski definition) is 1. The molecule has 0 saturated heterocycles. The van der Waals surface area contributed by atoms with Gasteiger partial charge >= 0.3 is 0 Å². The molecule has 0 aliphatic heterocycles. The first kappa shape index (κ1) is 11.4. The molecule has 1 N–H and O–H groups in total. The standard InChI is InChI=1S/C10H17N3S2/c1-8(15-10-13-12-7-14-10)6-11-9-4-2-3-5-9/h7-9,11H,2-6H2,1H3. The molecular formula is C10H17N3S2. The molecule has 1 aliphatic carbocycles. The molecule has 15 heavy (non-hydrogen) atoms. The highest BCUT2D eigenvalue weighted by molar-refractivity contribution is 8.01. The molecule has 0 radical (unpaired) electrons. The van der Waals surface area contributed by atoms with Crippen LogP contribution in [-0.2, 0) is 0 Å². The second kappa shape index (κ2) is 5.82. The van der Waals surface area contributed by atoms with E-state index < -0.39 is 0 Å². The van der Waals surface area contributed by atoms with E-state index in [0.717, 1.165) is 16.9 Å². The van der Waals surface area contributed by atoms with E-state index in [1.54, 1.807) is 16.8 Å². The van der Waals surface area contributed by atoms with Crippen molar-refractivity contribution in [1.82, 2.24) is 15.5 Å². The summed E-state index contributed by atoms with van der Waals surface area (Å²) < 4.78 is 1.08. The van der Waals surface area contributed by atoms with Gasteiger partial charge in [-0.15, -0.1) is 10.2 Å². The van der Waals surface area contributed by atoms with Gasteiger partial charge in [-0.05, 0) is 12.8 Å². The Bertz CT molecular complexity index is 270. The maximum Gasteiger partial charge on any atom is 0.174 e. The van der Waals surface area contributed by atoms with Crippen LogP contribution in [0.4, 0.5) is 0 Å². The molecule has 2 rings (SSSR count). The van der Waals surface area contributed by atoms with E-state index in [-0.39, 0.29) is 0 Å². The van der Waals surface area contributed by atoms with Gasteiger partial charge < -0.3 is 5.32 Å². The summed E-state index contributed by atoms with van der Waals surface area (Å²) in [5.41, 5.74) is 1.79. The molecule has 1 fully saturated rings. The van der Waals surface area contributed by atoms with Gasteiger partial charge in [-0.25, -0.2) is 0 Å². The van der Waals surface area contributed by atoms with E-state index in [1.807, 2.05) is 11.8 Å². The van der Waals surface area contributed by atoms with Gasteiger partial charge in [0.2, 0.25) is 0 Å². The Hall–Kier alpha value is -0.130. The van der Waals surface area contributed by atoms with Gasteiger partial charge in [-0.2, -0.15) is 0 Å². The lowest BCUT2D eigenvalue weighted by atomic mass is 10.2. The minimum atomic E-state index is 0.582. The number of nitrogens with zero attached hydrogens (tertiary/aromatic N) is 2. The van der Waals surface area contributed by atoms with E-state index >= 15 is 0 Å². The zero-order valence-corrected chi connectivity index (χ0v) is 10.6. The largest absolute Gasteiger partial charge is 0.313 e. The molecule has 0 bridgehead atoms. The highest BCUT2D eigenvalue weighted by Gasteiger charge is 2.15. The van der Waals surface area contributed by atoms with Crippen LogP contribution >= 0.6 is 23.1 Å². The lowest BCUT2D eigenvalue weighted by molar-refractivity contribution is 0.527. The number of hydrogen-bond acceptors (Lipinski definition) is 5. The van der Waals surface area contributed by atoms with Gasteiger partial charge in [0.05, 0.1) is 0 Å². The van der Waals surface area contributed by atoms with Crippen LogP contribution in [0.25, 0.3) is 0 Å². The number of aromatic nitrogens is 2. The Morgan fingerprint density at radius 1 is 1.60 bits per heavy atom. The highest BCUT2D eigenvalue weighted by Crippen LogP contribution is 2.24. The normalized spacial score (nSPS) is 19.5. The SMILES string of the molecule is CC(CNC1CCCC1)Sc1nncs1. The van der Waals surface area contributed by atoms with Gasteiger partial charge in [0, 0.05) is 17.8 Å². The molecular weight excluding hydrogens is 226 g/mol. The quantitative estimate of drug-likeness (QED) is 0.807. The maximum atomic E-state index is 4.04. The summed E-state index contributed by atoms with van der Waals surface area (Å²) in [5, 5.41) is 12.1. The Balaban J connectivity index is 1.66. The van der Waals surface area contributed by atoms with Crippen molar-refractivity contribution in [2.45, 2.75) is 48.2 Å². The summed E-state index contributed by atoms with van der Waals surface area (Å²) in [6.07, 6.45) is 5.51. The van der Waals surface area contributed by atoms with Crippen molar-refractivity contribution in [3.05, 3.63) is 5.51 Å². The van der Waals surface area contributed by atoms with Gasteiger partial charge in [-0.1, -0.05) is 42.9 Å². The van der Waals surface area contributed by atoms with Gasteiger partial charge in [0.25, 0.3) is 0 Å². The summed E-state index contributed by atoms with van der Waals surface area (Å²) in [4.78, 5) is 0. The predicted octanol–water partition coefficient (Wildman–Crippen LogP) is 2.55. The van der Waals surface area contributed by atoms with Crippen LogP contribution in [0.3, 0.4) is 0 Å². The molecule has 0 amide bonds. The van der Waals surface area contributed by atoms with Crippen molar-refractivity contribution < 1.29 is 0 Å². The third-order valence-electron chi connectivity index (χ3n) is 2.69. The lowest BCUT2D eigenvalue weighted by Crippen LogP contribution is -2.31. The third-order valence-corrected chi connectivity index (χ3v) is 4.60. The highest BCUT2D eigenvalue weighted by atomic mass is 32.2. The third kappa shape index (κ3) is 3.74. The fraction of sp³-hybridized carbons (Fsp3) is 0.800. The lowest BCUT2D eigenvalue weighted by Gasteiger charge is -2.15. The van der Waals surface area contributed by atoms with Crippen LogP contribution in [0.2, 0.25) is 0 Å². The number of nitrogens with one attached hydrogen (secondary N) is 1. The predicted molar refractivity (Wildman–Crippen MR) is 65.5 cm³/mol.